The van der Waals surface area contributed by atoms with E-state index in [2.05, 4.69) is 24.4 Å². The number of halogens is 1. The van der Waals surface area contributed by atoms with E-state index >= 15 is 0 Å². The molecule has 0 fully saturated rings. The molecular weight excluding hydrogens is 420 g/mol. The number of nitrogens with one attached hydrogen (secondary N) is 1. The molecule has 7 heteroatoms. The Balaban J connectivity index is 1.55. The van der Waals surface area contributed by atoms with E-state index in [0.717, 1.165) is 35.4 Å². The van der Waals surface area contributed by atoms with Gasteiger partial charge in [0.15, 0.2) is 0 Å². The molecule has 5 nitrogen and oxygen atoms in total. The third-order valence-corrected chi connectivity index (χ3v) is 5.82. The minimum atomic E-state index is -3.66. The molecule has 0 aliphatic heterocycles. The molecule has 30 heavy (non-hydrogen) atoms. The number of aryl methyl sites for hydroxylation is 1. The first-order chi connectivity index (χ1) is 14.3. The van der Waals surface area contributed by atoms with Gasteiger partial charge in [0.25, 0.3) is 0 Å². The summed E-state index contributed by atoms with van der Waals surface area (Å²) in [4.78, 5) is 0.119. The maximum Gasteiger partial charge on any atom is 0.238 e. The number of ether oxygens (including phenoxy) is 1. The zero-order valence-electron chi connectivity index (χ0n) is 16.8. The molecule has 0 spiro atoms. The number of hydrogen-bond acceptors (Lipinski definition) is 4. The first-order valence-electron chi connectivity index (χ1n) is 9.60. The average molecular weight is 445 g/mol. The fraction of sp³-hybridized carbons (Fsp3) is 0.217. The van der Waals surface area contributed by atoms with Gasteiger partial charge in [-0.3, -0.25) is 0 Å². The van der Waals surface area contributed by atoms with E-state index in [1.54, 1.807) is 12.1 Å². The topological polar surface area (TPSA) is 81.4 Å². The highest BCUT2D eigenvalue weighted by atomic mass is 35.5. The van der Waals surface area contributed by atoms with Crippen LogP contribution in [0.2, 0.25) is 5.02 Å². The van der Waals surface area contributed by atoms with Gasteiger partial charge in [0.2, 0.25) is 10.0 Å². The van der Waals surface area contributed by atoms with E-state index in [1.165, 1.54) is 17.7 Å². The molecule has 0 saturated carbocycles. The molecule has 3 aromatic rings. The van der Waals surface area contributed by atoms with Gasteiger partial charge in [0.1, 0.15) is 12.4 Å². The molecule has 0 heterocycles. The summed E-state index contributed by atoms with van der Waals surface area (Å²) in [5, 5.41) is 9.17. The molecule has 0 radical (unpaired) electrons. The maximum atomic E-state index is 11.3. The summed E-state index contributed by atoms with van der Waals surface area (Å²) in [5.74, 6) is 0.797. The lowest BCUT2D eigenvalue weighted by molar-refractivity contribution is 0.302. The number of primary sulfonamides is 1. The molecule has 3 rings (SSSR count). The van der Waals surface area contributed by atoms with Crippen LogP contribution >= 0.6 is 11.6 Å². The highest BCUT2D eigenvalue weighted by molar-refractivity contribution is 7.89. The lowest BCUT2D eigenvalue weighted by atomic mass is 10.1. The van der Waals surface area contributed by atoms with Gasteiger partial charge in [-0.05, 0) is 61.3 Å². The number of hydrogen-bond donors (Lipinski definition) is 2. The predicted octanol–water partition coefficient (Wildman–Crippen LogP) is 4.21. The largest absolute Gasteiger partial charge is 0.489 e. The van der Waals surface area contributed by atoms with E-state index in [4.69, 9.17) is 21.5 Å². The molecule has 0 aliphatic carbocycles. The van der Waals surface area contributed by atoms with Gasteiger partial charge >= 0.3 is 0 Å². The summed E-state index contributed by atoms with van der Waals surface area (Å²) in [6, 6.07) is 20.5. The van der Waals surface area contributed by atoms with Crippen molar-refractivity contribution in [1.29, 1.82) is 0 Å². The van der Waals surface area contributed by atoms with Crippen molar-refractivity contribution >= 4 is 21.6 Å². The number of nitrogens with two attached hydrogens (primary N) is 1. The van der Waals surface area contributed by atoms with Crippen LogP contribution < -0.4 is 15.2 Å². The molecule has 3 N–H and O–H groups in total. The van der Waals surface area contributed by atoms with Crippen molar-refractivity contribution in [1.82, 2.24) is 5.32 Å². The van der Waals surface area contributed by atoms with E-state index in [-0.39, 0.29) is 4.90 Å². The summed E-state index contributed by atoms with van der Waals surface area (Å²) in [5.41, 5.74) is 4.33. The van der Waals surface area contributed by atoms with Crippen LogP contribution in [0.1, 0.15) is 22.3 Å². The minimum absolute atomic E-state index is 0.119. The quantitative estimate of drug-likeness (QED) is 0.484. The first-order valence-corrected chi connectivity index (χ1v) is 11.5. The Morgan fingerprint density at radius 1 is 1.00 bits per heavy atom. The Bertz CT molecular complexity index is 1100. The second kappa shape index (κ2) is 10.1. The average Bonchev–Trinajstić information content (AvgIpc) is 2.70. The monoisotopic (exact) mass is 444 g/mol. The lowest BCUT2D eigenvalue weighted by Crippen LogP contribution is -2.17. The molecule has 0 atom stereocenters. The maximum absolute atomic E-state index is 11.3. The lowest BCUT2D eigenvalue weighted by Gasteiger charge is -2.13. The second-order valence-corrected chi connectivity index (χ2v) is 9.14. The fourth-order valence-corrected chi connectivity index (χ4v) is 3.80. The third kappa shape index (κ3) is 6.57. The molecule has 0 bridgehead atoms. The van der Waals surface area contributed by atoms with Crippen molar-refractivity contribution in [2.24, 2.45) is 5.14 Å². The van der Waals surface area contributed by atoms with Crippen LogP contribution in [0.5, 0.6) is 5.75 Å². The molecule has 0 aliphatic rings. The minimum Gasteiger partial charge on any atom is -0.489 e. The van der Waals surface area contributed by atoms with E-state index < -0.39 is 10.0 Å². The van der Waals surface area contributed by atoms with Crippen LogP contribution in [-0.4, -0.2) is 15.0 Å². The third-order valence-electron chi connectivity index (χ3n) is 4.66. The SMILES string of the molecule is Cc1cccc(COc2ccc(Cl)cc2CNCCc2ccc(S(N)(=O)=O)cc2)c1. The number of sulfonamides is 1. The summed E-state index contributed by atoms with van der Waals surface area (Å²) in [7, 11) is -3.66. The van der Waals surface area contributed by atoms with Crippen molar-refractivity contribution in [3.63, 3.8) is 0 Å². The highest BCUT2D eigenvalue weighted by Gasteiger charge is 2.08. The van der Waals surface area contributed by atoms with Gasteiger partial charge in [-0.2, -0.15) is 0 Å². The van der Waals surface area contributed by atoms with Crippen LogP contribution in [0, 0.1) is 6.92 Å². The Morgan fingerprint density at radius 2 is 1.77 bits per heavy atom. The normalized spacial score (nSPS) is 11.4. The standard InChI is InChI=1S/C23H25ClN2O3S/c1-17-3-2-4-19(13-17)16-29-23-10-7-21(24)14-20(23)15-26-12-11-18-5-8-22(9-6-18)30(25,27)28/h2-10,13-14,26H,11-12,15-16H2,1H3,(H2,25,27,28). The van der Waals surface area contributed by atoms with Crippen LogP contribution in [0.15, 0.2) is 71.6 Å². The van der Waals surface area contributed by atoms with E-state index in [1.807, 2.05) is 30.3 Å². The molecule has 0 amide bonds. The molecule has 158 valence electrons. The van der Waals surface area contributed by atoms with Crippen LogP contribution in [0.3, 0.4) is 0 Å². The number of rotatable bonds is 9. The smallest absolute Gasteiger partial charge is 0.238 e. The molecular formula is C23H25ClN2O3S. The van der Waals surface area contributed by atoms with Crippen molar-refractivity contribution in [2.75, 3.05) is 6.54 Å². The van der Waals surface area contributed by atoms with Crippen molar-refractivity contribution in [3.05, 3.63) is 94.0 Å². The first kappa shape index (κ1) is 22.3. The van der Waals surface area contributed by atoms with E-state index in [9.17, 15) is 8.42 Å². The molecule has 0 unspecified atom stereocenters. The second-order valence-electron chi connectivity index (χ2n) is 7.15. The van der Waals surface area contributed by atoms with Gasteiger partial charge in [-0.1, -0.05) is 53.6 Å². The summed E-state index contributed by atoms with van der Waals surface area (Å²) in [6.45, 7) is 3.88. The highest BCUT2D eigenvalue weighted by Crippen LogP contribution is 2.24. The van der Waals surface area contributed by atoms with Crippen molar-refractivity contribution in [2.45, 2.75) is 31.4 Å². The van der Waals surface area contributed by atoms with Crippen LogP contribution in [0.25, 0.3) is 0 Å². The van der Waals surface area contributed by atoms with Gasteiger partial charge < -0.3 is 10.1 Å². The van der Waals surface area contributed by atoms with E-state index in [0.29, 0.717) is 18.2 Å². The summed E-state index contributed by atoms with van der Waals surface area (Å²) < 4.78 is 28.7. The summed E-state index contributed by atoms with van der Waals surface area (Å²) >= 11 is 6.17. The van der Waals surface area contributed by atoms with Gasteiger partial charge in [-0.25, -0.2) is 13.6 Å². The number of benzene rings is 3. The molecule has 3 aromatic carbocycles. The van der Waals surface area contributed by atoms with Gasteiger partial charge in [-0.15, -0.1) is 0 Å². The van der Waals surface area contributed by atoms with Crippen LogP contribution in [-0.2, 0) is 29.6 Å². The van der Waals surface area contributed by atoms with Gasteiger partial charge in [0, 0.05) is 17.1 Å². The Labute approximate surface area is 182 Å². The fourth-order valence-electron chi connectivity index (χ4n) is 3.09. The van der Waals surface area contributed by atoms with Crippen molar-refractivity contribution in [3.8, 4) is 5.75 Å². The van der Waals surface area contributed by atoms with Crippen LogP contribution in [0.4, 0.5) is 0 Å². The molecule has 0 aromatic heterocycles. The Hall–Kier alpha value is -2.38. The summed E-state index contributed by atoms with van der Waals surface area (Å²) in [6.07, 6.45) is 0.755. The molecule has 0 saturated heterocycles. The van der Waals surface area contributed by atoms with Crippen molar-refractivity contribution < 1.29 is 13.2 Å². The predicted molar refractivity (Wildman–Crippen MR) is 120 cm³/mol. The Kier molecular flexibility index (Phi) is 7.50. The van der Waals surface area contributed by atoms with Gasteiger partial charge in [0.05, 0.1) is 4.90 Å². The zero-order valence-corrected chi connectivity index (χ0v) is 18.3. The zero-order chi connectivity index (χ0) is 21.6. The Morgan fingerprint density at radius 3 is 2.47 bits per heavy atom.